The fraction of sp³-hybridized carbons (Fsp3) is 0.600. The second-order valence-corrected chi connectivity index (χ2v) is 7.14. The summed E-state index contributed by atoms with van der Waals surface area (Å²) in [6, 6.07) is 4.04. The van der Waals surface area contributed by atoms with Gasteiger partial charge in [0, 0.05) is 32.7 Å². The molecule has 1 saturated heterocycles. The molecule has 0 bridgehead atoms. The number of hydrogen-bond acceptors (Lipinski definition) is 5. The molecule has 26 heavy (non-hydrogen) atoms. The zero-order valence-corrected chi connectivity index (χ0v) is 16.2. The minimum absolute atomic E-state index is 0.892. The van der Waals surface area contributed by atoms with E-state index < -0.39 is 0 Å². The number of nitrogens with one attached hydrogen (secondary N) is 1. The quantitative estimate of drug-likeness (QED) is 0.700. The summed E-state index contributed by atoms with van der Waals surface area (Å²) in [6.07, 6.45) is 10.9. The Balaban J connectivity index is 1.49. The number of fused-ring (bicyclic) bond motifs is 1. The molecule has 142 valence electrons. The summed E-state index contributed by atoms with van der Waals surface area (Å²) in [5, 5.41) is 8.16. The van der Waals surface area contributed by atoms with Gasteiger partial charge in [-0.15, -0.1) is 5.10 Å². The van der Waals surface area contributed by atoms with Gasteiger partial charge < -0.3 is 15.1 Å². The number of piperazine rings is 1. The number of unbranched alkanes of at least 4 members (excludes halogenated alkanes) is 2. The summed E-state index contributed by atoms with van der Waals surface area (Å²) in [5.41, 5.74) is 1.93. The van der Waals surface area contributed by atoms with Crippen LogP contribution in [0.1, 0.15) is 38.3 Å². The molecule has 0 spiro atoms. The van der Waals surface area contributed by atoms with E-state index in [9.17, 15) is 0 Å². The summed E-state index contributed by atoms with van der Waals surface area (Å²) < 4.78 is 1.92. The molecule has 1 fully saturated rings. The van der Waals surface area contributed by atoms with Crippen molar-refractivity contribution in [3.05, 3.63) is 30.1 Å². The van der Waals surface area contributed by atoms with Crippen LogP contribution in [-0.2, 0) is 0 Å². The number of rotatable bonds is 9. The number of imidazole rings is 1. The first-order valence-corrected chi connectivity index (χ1v) is 9.92. The van der Waals surface area contributed by atoms with E-state index in [-0.39, 0.29) is 0 Å². The zero-order chi connectivity index (χ0) is 18.2. The van der Waals surface area contributed by atoms with Crippen molar-refractivity contribution in [3.63, 3.8) is 0 Å². The maximum Gasteiger partial charge on any atom is 0.154 e. The van der Waals surface area contributed by atoms with E-state index in [0.717, 1.165) is 43.1 Å². The Hall–Kier alpha value is -1.92. The second-order valence-electron chi connectivity index (χ2n) is 7.14. The summed E-state index contributed by atoms with van der Waals surface area (Å²) in [4.78, 5) is 9.38. The largest absolute Gasteiger partial charge is 0.369 e. The highest BCUT2D eigenvalue weighted by atomic mass is 15.3. The third-order valence-corrected chi connectivity index (χ3v) is 4.95. The lowest BCUT2D eigenvalue weighted by atomic mass is 10.2. The highest BCUT2D eigenvalue weighted by Crippen LogP contribution is 2.11. The van der Waals surface area contributed by atoms with Crippen molar-refractivity contribution in [1.29, 1.82) is 0 Å². The number of allylic oxidation sites excluding steroid dienone is 1. The Morgan fingerprint density at radius 2 is 2.00 bits per heavy atom. The molecule has 3 heterocycles. The van der Waals surface area contributed by atoms with Crippen LogP contribution in [0.4, 0.5) is 5.82 Å². The van der Waals surface area contributed by atoms with Crippen molar-refractivity contribution in [2.45, 2.75) is 32.6 Å². The van der Waals surface area contributed by atoms with Crippen LogP contribution in [0.15, 0.2) is 24.4 Å². The third-order valence-electron chi connectivity index (χ3n) is 4.95. The van der Waals surface area contributed by atoms with Crippen molar-refractivity contribution in [3.8, 4) is 0 Å². The summed E-state index contributed by atoms with van der Waals surface area (Å²) in [7, 11) is 2.20. The maximum atomic E-state index is 4.70. The smallest absolute Gasteiger partial charge is 0.154 e. The molecule has 0 saturated carbocycles. The molecule has 0 atom stereocenters. The van der Waals surface area contributed by atoms with Crippen LogP contribution in [0.25, 0.3) is 11.7 Å². The van der Waals surface area contributed by atoms with Gasteiger partial charge in [-0.1, -0.05) is 25.8 Å². The summed E-state index contributed by atoms with van der Waals surface area (Å²) in [6.45, 7) is 9.04. The molecule has 0 radical (unpaired) electrons. The Bertz CT molecular complexity index is 699. The average Bonchev–Trinajstić information content (AvgIpc) is 3.06. The van der Waals surface area contributed by atoms with Crippen molar-refractivity contribution in [2.24, 2.45) is 0 Å². The minimum Gasteiger partial charge on any atom is -0.369 e. The van der Waals surface area contributed by atoms with Gasteiger partial charge in [0.05, 0.1) is 11.9 Å². The van der Waals surface area contributed by atoms with Crippen LogP contribution in [0.5, 0.6) is 0 Å². The lowest BCUT2D eigenvalue weighted by Gasteiger charge is -2.32. The van der Waals surface area contributed by atoms with Crippen molar-refractivity contribution >= 4 is 17.5 Å². The van der Waals surface area contributed by atoms with Gasteiger partial charge in [0.2, 0.25) is 0 Å². The monoisotopic (exact) mass is 356 g/mol. The molecular weight excluding hydrogens is 324 g/mol. The molecule has 2 aromatic heterocycles. The van der Waals surface area contributed by atoms with Gasteiger partial charge in [-0.3, -0.25) is 0 Å². The van der Waals surface area contributed by atoms with Gasteiger partial charge in [0.1, 0.15) is 5.82 Å². The van der Waals surface area contributed by atoms with Crippen LogP contribution < -0.4 is 5.32 Å². The SMILES string of the molecule is CCCCC=Cc1cnc2ccc(NCCCN3CCN(C)CC3)nn12. The van der Waals surface area contributed by atoms with E-state index in [1.165, 1.54) is 39.0 Å². The molecular formula is C20H32N6. The molecule has 3 rings (SSSR count). The van der Waals surface area contributed by atoms with Gasteiger partial charge in [-0.25, -0.2) is 9.50 Å². The molecule has 1 N–H and O–H groups in total. The minimum atomic E-state index is 0.892. The van der Waals surface area contributed by atoms with Crippen LogP contribution in [0, 0.1) is 0 Å². The van der Waals surface area contributed by atoms with Gasteiger partial charge in [-0.2, -0.15) is 0 Å². The molecule has 0 aromatic carbocycles. The first-order chi connectivity index (χ1) is 12.8. The fourth-order valence-corrected chi connectivity index (χ4v) is 3.22. The molecule has 0 aliphatic carbocycles. The van der Waals surface area contributed by atoms with Crippen LogP contribution in [-0.4, -0.2) is 70.7 Å². The molecule has 2 aromatic rings. The van der Waals surface area contributed by atoms with E-state index in [1.807, 2.05) is 22.8 Å². The van der Waals surface area contributed by atoms with E-state index in [2.05, 4.69) is 46.2 Å². The van der Waals surface area contributed by atoms with Crippen LogP contribution >= 0.6 is 0 Å². The number of likely N-dealkylation sites (N-methyl/N-ethyl adjacent to an activating group) is 1. The molecule has 0 unspecified atom stereocenters. The Kier molecular flexibility index (Phi) is 7.03. The molecule has 6 heteroatoms. The third kappa shape index (κ3) is 5.29. The van der Waals surface area contributed by atoms with Gasteiger partial charge in [0.15, 0.2) is 5.65 Å². The summed E-state index contributed by atoms with van der Waals surface area (Å²) >= 11 is 0. The van der Waals surface area contributed by atoms with Gasteiger partial charge in [-0.05, 0) is 44.6 Å². The van der Waals surface area contributed by atoms with Crippen LogP contribution in [0.3, 0.4) is 0 Å². The Labute approximate surface area is 156 Å². The van der Waals surface area contributed by atoms with Crippen molar-refractivity contribution < 1.29 is 0 Å². The van der Waals surface area contributed by atoms with Crippen molar-refractivity contribution in [2.75, 3.05) is 51.6 Å². The fourth-order valence-electron chi connectivity index (χ4n) is 3.22. The van der Waals surface area contributed by atoms with Crippen molar-refractivity contribution in [1.82, 2.24) is 24.4 Å². The zero-order valence-electron chi connectivity index (χ0n) is 16.2. The highest BCUT2D eigenvalue weighted by Gasteiger charge is 2.12. The number of nitrogens with zero attached hydrogens (tertiary/aromatic N) is 5. The molecule has 1 aliphatic heterocycles. The normalized spacial score (nSPS) is 16.7. The molecule has 0 amide bonds. The topological polar surface area (TPSA) is 48.7 Å². The Morgan fingerprint density at radius 1 is 1.15 bits per heavy atom. The van der Waals surface area contributed by atoms with Gasteiger partial charge >= 0.3 is 0 Å². The lowest BCUT2D eigenvalue weighted by molar-refractivity contribution is 0.154. The first-order valence-electron chi connectivity index (χ1n) is 9.92. The van der Waals surface area contributed by atoms with E-state index in [4.69, 9.17) is 5.10 Å². The standard InChI is InChI=1S/C20H32N6/c1-3-4-5-6-8-18-17-22-20-10-9-19(23-26(18)20)21-11-7-12-25-15-13-24(2)14-16-25/h6,8-10,17H,3-5,7,11-16H2,1-2H3,(H,21,23). The molecule has 6 nitrogen and oxygen atoms in total. The lowest BCUT2D eigenvalue weighted by Crippen LogP contribution is -2.44. The average molecular weight is 357 g/mol. The predicted molar refractivity (Wildman–Crippen MR) is 109 cm³/mol. The highest BCUT2D eigenvalue weighted by molar-refractivity contribution is 5.53. The van der Waals surface area contributed by atoms with Gasteiger partial charge in [0.25, 0.3) is 0 Å². The van der Waals surface area contributed by atoms with E-state index in [1.54, 1.807) is 0 Å². The number of aromatic nitrogens is 3. The Morgan fingerprint density at radius 3 is 2.81 bits per heavy atom. The summed E-state index contributed by atoms with van der Waals surface area (Å²) in [5.74, 6) is 0.914. The number of anilines is 1. The first kappa shape index (κ1) is 18.9. The van der Waals surface area contributed by atoms with E-state index >= 15 is 0 Å². The molecule has 1 aliphatic rings. The second kappa shape index (κ2) is 9.69. The number of hydrogen-bond donors (Lipinski definition) is 1. The maximum absolute atomic E-state index is 4.70. The predicted octanol–water partition coefficient (Wildman–Crippen LogP) is 2.98. The van der Waals surface area contributed by atoms with Crippen LogP contribution in [0.2, 0.25) is 0 Å². The van der Waals surface area contributed by atoms with E-state index in [0.29, 0.717) is 0 Å².